The van der Waals surface area contributed by atoms with Crippen molar-refractivity contribution in [3.63, 3.8) is 0 Å². The van der Waals surface area contributed by atoms with Crippen molar-refractivity contribution in [2.75, 3.05) is 0 Å². The molecule has 0 nitrogen and oxygen atoms in total. The second kappa shape index (κ2) is 3.64. The Morgan fingerprint density at radius 1 is 1.08 bits per heavy atom. The fraction of sp³-hybridized carbons (Fsp3) is 0.200. The first kappa shape index (κ1) is 9.84. The molecule has 0 aliphatic rings. The van der Waals surface area contributed by atoms with E-state index in [1.54, 1.807) is 26.0 Å². The van der Waals surface area contributed by atoms with E-state index in [0.29, 0.717) is 5.56 Å². The molecule has 3 heteroatoms. The first-order chi connectivity index (χ1) is 6.04. The zero-order valence-corrected chi connectivity index (χ0v) is 7.37. The molecule has 0 aromatic heterocycles. The van der Waals surface area contributed by atoms with Crippen LogP contribution in [0.25, 0.3) is 5.83 Å². The predicted octanol–water partition coefficient (Wildman–Crippen LogP) is 3.84. The number of benzene rings is 1. The molecule has 0 radical (unpaired) electrons. The van der Waals surface area contributed by atoms with Gasteiger partial charge in [0, 0.05) is 5.56 Å². The van der Waals surface area contributed by atoms with Crippen molar-refractivity contribution in [3.05, 3.63) is 41.0 Å². The Balaban J connectivity index is 3.32. The molecule has 70 valence electrons. The lowest BCUT2D eigenvalue weighted by molar-refractivity contribution is 0.410. The second-order valence-electron chi connectivity index (χ2n) is 2.82. The average molecular weight is 186 g/mol. The minimum absolute atomic E-state index is 0.0278. The summed E-state index contributed by atoms with van der Waals surface area (Å²) < 4.78 is 36.7. The van der Waals surface area contributed by atoms with Gasteiger partial charge in [-0.25, -0.2) is 4.39 Å². The van der Waals surface area contributed by atoms with E-state index in [1.165, 1.54) is 6.07 Å². The molecule has 0 atom stereocenters. The van der Waals surface area contributed by atoms with Crippen LogP contribution in [-0.2, 0) is 0 Å². The lowest BCUT2D eigenvalue weighted by atomic mass is 10.0. The maximum Gasteiger partial charge on any atom is 0.306 e. The average Bonchev–Trinajstić information content (AvgIpc) is 2.08. The van der Waals surface area contributed by atoms with Gasteiger partial charge in [-0.05, 0) is 25.0 Å². The largest absolute Gasteiger partial charge is 0.306 e. The summed E-state index contributed by atoms with van der Waals surface area (Å²) in [6, 6.07) is 4.65. The predicted molar refractivity (Wildman–Crippen MR) is 46.2 cm³/mol. The first-order valence-corrected chi connectivity index (χ1v) is 3.81. The van der Waals surface area contributed by atoms with Crippen LogP contribution in [0.1, 0.15) is 16.7 Å². The van der Waals surface area contributed by atoms with Crippen LogP contribution in [0.2, 0.25) is 0 Å². The summed E-state index contributed by atoms with van der Waals surface area (Å²) in [6.07, 6.45) is -2.27. The number of halogens is 3. The Morgan fingerprint density at radius 2 is 1.69 bits per heavy atom. The Labute approximate surface area is 74.7 Å². The molecular formula is C10H9F3. The molecule has 1 aromatic rings. The van der Waals surface area contributed by atoms with E-state index in [1.807, 2.05) is 0 Å². The summed E-state index contributed by atoms with van der Waals surface area (Å²) in [4.78, 5) is 0. The van der Waals surface area contributed by atoms with Crippen LogP contribution in [0.5, 0.6) is 0 Å². The van der Waals surface area contributed by atoms with Gasteiger partial charge >= 0.3 is 6.08 Å². The van der Waals surface area contributed by atoms with Crippen LogP contribution in [0.15, 0.2) is 24.3 Å². The molecule has 0 aliphatic heterocycles. The molecule has 0 fully saturated rings. The Morgan fingerprint density at radius 3 is 2.23 bits per heavy atom. The van der Waals surface area contributed by atoms with Crippen molar-refractivity contribution in [3.8, 4) is 0 Å². The summed E-state index contributed by atoms with van der Waals surface area (Å²) in [5.41, 5.74) is 1.32. The molecule has 0 unspecified atom stereocenters. The highest BCUT2D eigenvalue weighted by Gasteiger charge is 2.11. The Kier molecular flexibility index (Phi) is 2.76. The fourth-order valence-electron chi connectivity index (χ4n) is 1.09. The molecule has 0 bridgehead atoms. The normalized spacial score (nSPS) is 9.92. The van der Waals surface area contributed by atoms with Crippen molar-refractivity contribution in [2.24, 2.45) is 0 Å². The third-order valence-corrected chi connectivity index (χ3v) is 2.01. The monoisotopic (exact) mass is 186 g/mol. The molecule has 1 aromatic carbocycles. The van der Waals surface area contributed by atoms with E-state index in [9.17, 15) is 13.2 Å². The lowest BCUT2D eigenvalue weighted by Crippen LogP contribution is -1.88. The number of hydrogen-bond acceptors (Lipinski definition) is 0. The maximum absolute atomic E-state index is 12.8. The molecule has 0 N–H and O–H groups in total. The van der Waals surface area contributed by atoms with E-state index in [-0.39, 0.29) is 5.56 Å². The molecule has 0 amide bonds. The zero-order valence-electron chi connectivity index (χ0n) is 7.37. The van der Waals surface area contributed by atoms with E-state index >= 15 is 0 Å². The topological polar surface area (TPSA) is 0 Å². The smallest absolute Gasteiger partial charge is 0.200 e. The van der Waals surface area contributed by atoms with Crippen molar-refractivity contribution >= 4 is 5.83 Å². The molecule has 0 aliphatic carbocycles. The van der Waals surface area contributed by atoms with Gasteiger partial charge in [-0.1, -0.05) is 18.2 Å². The highest BCUT2D eigenvalue weighted by molar-refractivity contribution is 5.63. The first-order valence-electron chi connectivity index (χ1n) is 3.81. The highest BCUT2D eigenvalue weighted by atomic mass is 19.3. The standard InChI is InChI=1S/C10H9F3/c1-6-4-3-5-8(7(6)2)9(11)10(12)13/h3-5H,1-2H3. The van der Waals surface area contributed by atoms with Crippen LogP contribution < -0.4 is 0 Å². The molecular weight excluding hydrogens is 177 g/mol. The van der Waals surface area contributed by atoms with Crippen LogP contribution >= 0.6 is 0 Å². The summed E-state index contributed by atoms with van der Waals surface area (Å²) in [6.45, 7) is 3.37. The quantitative estimate of drug-likeness (QED) is 0.625. The second-order valence-corrected chi connectivity index (χ2v) is 2.82. The van der Waals surface area contributed by atoms with Gasteiger partial charge in [-0.2, -0.15) is 8.78 Å². The number of hydrogen-bond donors (Lipinski definition) is 0. The Bertz CT molecular complexity index is 349. The summed E-state index contributed by atoms with van der Waals surface area (Å²) in [5.74, 6) is -1.43. The van der Waals surface area contributed by atoms with Gasteiger partial charge in [-0.15, -0.1) is 0 Å². The molecule has 0 spiro atoms. The van der Waals surface area contributed by atoms with Gasteiger partial charge in [-0.3, -0.25) is 0 Å². The van der Waals surface area contributed by atoms with Gasteiger partial charge < -0.3 is 0 Å². The van der Waals surface area contributed by atoms with Crippen molar-refractivity contribution in [2.45, 2.75) is 13.8 Å². The van der Waals surface area contributed by atoms with Crippen LogP contribution in [0, 0.1) is 13.8 Å². The summed E-state index contributed by atoms with van der Waals surface area (Å²) in [5, 5.41) is 0. The molecule has 0 saturated carbocycles. The number of aryl methyl sites for hydroxylation is 1. The van der Waals surface area contributed by atoms with Crippen molar-refractivity contribution in [1.29, 1.82) is 0 Å². The SMILES string of the molecule is Cc1cccc(C(F)=C(F)F)c1C. The van der Waals surface area contributed by atoms with Crippen molar-refractivity contribution in [1.82, 2.24) is 0 Å². The maximum atomic E-state index is 12.8. The van der Waals surface area contributed by atoms with E-state index < -0.39 is 11.9 Å². The minimum Gasteiger partial charge on any atom is -0.200 e. The molecule has 0 saturated heterocycles. The Hall–Kier alpha value is -1.25. The third kappa shape index (κ3) is 1.91. The van der Waals surface area contributed by atoms with E-state index in [0.717, 1.165) is 5.56 Å². The van der Waals surface area contributed by atoms with Crippen LogP contribution in [0.3, 0.4) is 0 Å². The highest BCUT2D eigenvalue weighted by Crippen LogP contribution is 2.26. The molecule has 0 heterocycles. The van der Waals surface area contributed by atoms with Crippen LogP contribution in [0.4, 0.5) is 13.2 Å². The minimum atomic E-state index is -2.27. The number of rotatable bonds is 1. The van der Waals surface area contributed by atoms with Gasteiger partial charge in [0.25, 0.3) is 0 Å². The van der Waals surface area contributed by atoms with Crippen LogP contribution in [-0.4, -0.2) is 0 Å². The van der Waals surface area contributed by atoms with Gasteiger partial charge in [0.1, 0.15) is 0 Å². The van der Waals surface area contributed by atoms with Crippen molar-refractivity contribution < 1.29 is 13.2 Å². The zero-order chi connectivity index (χ0) is 10.0. The van der Waals surface area contributed by atoms with Gasteiger partial charge in [0.2, 0.25) is 0 Å². The van der Waals surface area contributed by atoms with E-state index in [4.69, 9.17) is 0 Å². The van der Waals surface area contributed by atoms with Gasteiger partial charge in [0.05, 0.1) is 0 Å². The molecule has 13 heavy (non-hydrogen) atoms. The lowest BCUT2D eigenvalue weighted by Gasteiger charge is -2.04. The summed E-state index contributed by atoms with van der Waals surface area (Å²) >= 11 is 0. The van der Waals surface area contributed by atoms with E-state index in [2.05, 4.69) is 0 Å². The molecule has 1 rings (SSSR count). The fourth-order valence-corrected chi connectivity index (χ4v) is 1.09. The van der Waals surface area contributed by atoms with Gasteiger partial charge in [0.15, 0.2) is 5.83 Å². The third-order valence-electron chi connectivity index (χ3n) is 2.01. The summed E-state index contributed by atoms with van der Waals surface area (Å²) in [7, 11) is 0.